The zero-order chi connectivity index (χ0) is 8.81. The molecule has 1 aliphatic rings. The van der Waals surface area contributed by atoms with Crippen LogP contribution in [0, 0.1) is 0 Å². The standard InChI is InChI=1S/C11H21N/c1-3-9-12(10-4-2)11-7-5-6-8-11/h5-6,11H,3-4,7-10H2,1-2H3. The lowest BCUT2D eigenvalue weighted by Crippen LogP contribution is -2.34. The van der Waals surface area contributed by atoms with Gasteiger partial charge in [-0.2, -0.15) is 0 Å². The molecular formula is C11H21N. The topological polar surface area (TPSA) is 3.24 Å². The first-order chi connectivity index (χ1) is 5.88. The molecule has 0 fully saturated rings. The Morgan fingerprint density at radius 1 is 1.08 bits per heavy atom. The molecule has 0 unspecified atom stereocenters. The second kappa shape index (κ2) is 5.36. The van der Waals surface area contributed by atoms with Crippen molar-refractivity contribution in [1.29, 1.82) is 0 Å². The highest BCUT2D eigenvalue weighted by Gasteiger charge is 2.16. The van der Waals surface area contributed by atoms with E-state index in [0.29, 0.717) is 0 Å². The van der Waals surface area contributed by atoms with Crippen LogP contribution in [-0.4, -0.2) is 24.0 Å². The molecule has 0 heterocycles. The van der Waals surface area contributed by atoms with Gasteiger partial charge in [0.1, 0.15) is 0 Å². The van der Waals surface area contributed by atoms with Gasteiger partial charge < -0.3 is 0 Å². The molecule has 0 N–H and O–H groups in total. The van der Waals surface area contributed by atoms with Gasteiger partial charge in [-0.05, 0) is 38.8 Å². The maximum Gasteiger partial charge on any atom is 0.0164 e. The summed E-state index contributed by atoms with van der Waals surface area (Å²) in [5.74, 6) is 0. The summed E-state index contributed by atoms with van der Waals surface area (Å²) in [7, 11) is 0. The normalized spacial score (nSPS) is 17.9. The molecule has 0 spiro atoms. The van der Waals surface area contributed by atoms with Gasteiger partial charge in [0, 0.05) is 6.04 Å². The van der Waals surface area contributed by atoms with E-state index in [4.69, 9.17) is 0 Å². The molecule has 0 amide bonds. The van der Waals surface area contributed by atoms with Crippen LogP contribution in [0.25, 0.3) is 0 Å². The molecular weight excluding hydrogens is 146 g/mol. The van der Waals surface area contributed by atoms with Crippen molar-refractivity contribution in [2.45, 2.75) is 45.6 Å². The summed E-state index contributed by atoms with van der Waals surface area (Å²) in [6, 6.07) is 0.824. The van der Waals surface area contributed by atoms with Gasteiger partial charge in [0.15, 0.2) is 0 Å². The van der Waals surface area contributed by atoms with E-state index in [1.165, 1.54) is 38.8 Å². The highest BCUT2D eigenvalue weighted by molar-refractivity contribution is 4.98. The SMILES string of the molecule is CCCN(CCC)C1CC=CC1. The average Bonchev–Trinajstić information content (AvgIpc) is 2.56. The van der Waals surface area contributed by atoms with E-state index >= 15 is 0 Å². The van der Waals surface area contributed by atoms with Crippen LogP contribution in [0.2, 0.25) is 0 Å². The molecule has 0 bridgehead atoms. The number of nitrogens with zero attached hydrogens (tertiary/aromatic N) is 1. The van der Waals surface area contributed by atoms with Crippen LogP contribution in [0.1, 0.15) is 39.5 Å². The van der Waals surface area contributed by atoms with E-state index in [9.17, 15) is 0 Å². The van der Waals surface area contributed by atoms with Crippen molar-refractivity contribution in [1.82, 2.24) is 4.90 Å². The summed E-state index contributed by atoms with van der Waals surface area (Å²) in [5.41, 5.74) is 0. The van der Waals surface area contributed by atoms with E-state index in [1.807, 2.05) is 0 Å². The fourth-order valence-corrected chi connectivity index (χ4v) is 1.95. The highest BCUT2D eigenvalue weighted by atomic mass is 15.1. The Balaban J connectivity index is 2.30. The van der Waals surface area contributed by atoms with Crippen molar-refractivity contribution >= 4 is 0 Å². The summed E-state index contributed by atoms with van der Waals surface area (Å²) in [6.45, 7) is 7.09. The monoisotopic (exact) mass is 167 g/mol. The molecule has 1 rings (SSSR count). The second-order valence-corrected chi connectivity index (χ2v) is 3.63. The van der Waals surface area contributed by atoms with Gasteiger partial charge >= 0.3 is 0 Å². The zero-order valence-electron chi connectivity index (χ0n) is 8.42. The summed E-state index contributed by atoms with van der Waals surface area (Å²) >= 11 is 0. The van der Waals surface area contributed by atoms with E-state index in [0.717, 1.165) is 6.04 Å². The molecule has 0 radical (unpaired) electrons. The van der Waals surface area contributed by atoms with Gasteiger partial charge in [-0.15, -0.1) is 0 Å². The first-order valence-corrected chi connectivity index (χ1v) is 5.27. The third kappa shape index (κ3) is 2.63. The van der Waals surface area contributed by atoms with Crippen LogP contribution >= 0.6 is 0 Å². The van der Waals surface area contributed by atoms with Crippen LogP contribution in [0.4, 0.5) is 0 Å². The maximum atomic E-state index is 2.64. The van der Waals surface area contributed by atoms with Crippen molar-refractivity contribution in [2.24, 2.45) is 0 Å². The first-order valence-electron chi connectivity index (χ1n) is 5.27. The van der Waals surface area contributed by atoms with Crippen molar-refractivity contribution in [2.75, 3.05) is 13.1 Å². The maximum absolute atomic E-state index is 2.64. The zero-order valence-corrected chi connectivity index (χ0v) is 8.42. The van der Waals surface area contributed by atoms with E-state index in [2.05, 4.69) is 30.9 Å². The molecule has 0 saturated heterocycles. The van der Waals surface area contributed by atoms with Gasteiger partial charge in [-0.1, -0.05) is 26.0 Å². The lowest BCUT2D eigenvalue weighted by molar-refractivity contribution is 0.204. The molecule has 1 heteroatoms. The summed E-state index contributed by atoms with van der Waals surface area (Å²) < 4.78 is 0. The van der Waals surface area contributed by atoms with Gasteiger partial charge in [0.05, 0.1) is 0 Å². The number of hydrogen-bond donors (Lipinski definition) is 0. The van der Waals surface area contributed by atoms with Crippen LogP contribution in [0.3, 0.4) is 0 Å². The smallest absolute Gasteiger partial charge is 0.0164 e. The van der Waals surface area contributed by atoms with Gasteiger partial charge in [-0.25, -0.2) is 0 Å². The fourth-order valence-electron chi connectivity index (χ4n) is 1.95. The Morgan fingerprint density at radius 2 is 1.58 bits per heavy atom. The van der Waals surface area contributed by atoms with Crippen LogP contribution in [0.15, 0.2) is 12.2 Å². The molecule has 1 aliphatic carbocycles. The Kier molecular flexibility index (Phi) is 4.37. The van der Waals surface area contributed by atoms with Crippen molar-refractivity contribution in [3.05, 3.63) is 12.2 Å². The summed E-state index contributed by atoms with van der Waals surface area (Å²) in [6.07, 6.45) is 9.78. The van der Waals surface area contributed by atoms with Crippen LogP contribution in [-0.2, 0) is 0 Å². The van der Waals surface area contributed by atoms with Crippen LogP contribution < -0.4 is 0 Å². The number of hydrogen-bond acceptors (Lipinski definition) is 1. The summed E-state index contributed by atoms with van der Waals surface area (Å²) in [4.78, 5) is 2.64. The predicted molar refractivity (Wildman–Crippen MR) is 54.3 cm³/mol. The minimum absolute atomic E-state index is 0.824. The lowest BCUT2D eigenvalue weighted by atomic mass is 10.2. The van der Waals surface area contributed by atoms with Crippen molar-refractivity contribution in [3.8, 4) is 0 Å². The molecule has 12 heavy (non-hydrogen) atoms. The molecule has 0 atom stereocenters. The van der Waals surface area contributed by atoms with Gasteiger partial charge in [0.2, 0.25) is 0 Å². The van der Waals surface area contributed by atoms with Crippen LogP contribution in [0.5, 0.6) is 0 Å². The first kappa shape index (κ1) is 9.79. The Bertz CT molecular complexity index is 126. The third-order valence-electron chi connectivity index (χ3n) is 2.52. The molecule has 0 aliphatic heterocycles. The van der Waals surface area contributed by atoms with E-state index < -0.39 is 0 Å². The minimum atomic E-state index is 0.824. The quantitative estimate of drug-likeness (QED) is 0.569. The highest BCUT2D eigenvalue weighted by Crippen LogP contribution is 2.17. The fraction of sp³-hybridized carbons (Fsp3) is 0.818. The molecule has 70 valence electrons. The molecule has 0 aromatic heterocycles. The minimum Gasteiger partial charge on any atom is -0.300 e. The molecule has 0 aromatic carbocycles. The lowest BCUT2D eigenvalue weighted by Gasteiger charge is -2.27. The van der Waals surface area contributed by atoms with Gasteiger partial charge in [-0.3, -0.25) is 4.90 Å². The second-order valence-electron chi connectivity index (χ2n) is 3.63. The van der Waals surface area contributed by atoms with E-state index in [-0.39, 0.29) is 0 Å². The molecule has 0 saturated carbocycles. The van der Waals surface area contributed by atoms with Crippen molar-refractivity contribution < 1.29 is 0 Å². The number of rotatable bonds is 5. The largest absolute Gasteiger partial charge is 0.300 e. The predicted octanol–water partition coefficient (Wildman–Crippen LogP) is 2.83. The molecule has 1 nitrogen and oxygen atoms in total. The Labute approximate surface area is 76.5 Å². The van der Waals surface area contributed by atoms with Crippen molar-refractivity contribution in [3.63, 3.8) is 0 Å². The Morgan fingerprint density at radius 3 is 2.00 bits per heavy atom. The molecule has 0 aromatic rings. The summed E-state index contributed by atoms with van der Waals surface area (Å²) in [5, 5.41) is 0. The van der Waals surface area contributed by atoms with E-state index in [1.54, 1.807) is 0 Å². The van der Waals surface area contributed by atoms with Gasteiger partial charge in [0.25, 0.3) is 0 Å². The average molecular weight is 167 g/mol. The Hall–Kier alpha value is -0.300. The third-order valence-corrected chi connectivity index (χ3v) is 2.52.